The number of pyridine rings is 1. The third kappa shape index (κ3) is 3.89. The second-order valence-electron chi connectivity index (χ2n) is 6.82. The lowest BCUT2D eigenvalue weighted by Gasteiger charge is -2.08. The summed E-state index contributed by atoms with van der Waals surface area (Å²) in [5.74, 6) is -0.674. The molecule has 0 bridgehead atoms. The Kier molecular flexibility index (Phi) is 5.22. The lowest BCUT2D eigenvalue weighted by Crippen LogP contribution is -2.17. The first-order valence-electron chi connectivity index (χ1n) is 9.38. The highest BCUT2D eigenvalue weighted by Gasteiger charge is 2.13. The Labute approximate surface area is 172 Å². The van der Waals surface area contributed by atoms with Crippen molar-refractivity contribution in [2.45, 2.75) is 13.5 Å². The third-order valence-electron chi connectivity index (χ3n) is 4.71. The van der Waals surface area contributed by atoms with E-state index in [0.29, 0.717) is 28.0 Å². The van der Waals surface area contributed by atoms with Crippen LogP contribution in [-0.4, -0.2) is 21.1 Å². The molecule has 2 heterocycles. The zero-order chi connectivity index (χ0) is 21.1. The Morgan fingerprint density at radius 3 is 2.30 bits per heavy atom. The maximum absolute atomic E-state index is 12.4. The number of aryl methyl sites for hydroxylation is 1. The van der Waals surface area contributed by atoms with E-state index in [1.807, 2.05) is 19.1 Å². The molecular weight excluding hydrogens is 380 g/mol. The molecule has 0 saturated carbocycles. The van der Waals surface area contributed by atoms with Crippen molar-refractivity contribution in [2.75, 3.05) is 0 Å². The molecule has 0 unspecified atom stereocenters. The van der Waals surface area contributed by atoms with Crippen molar-refractivity contribution < 1.29 is 14.3 Å². The fraction of sp³-hybridized carbons (Fsp3) is 0.0833. The number of carbonyl (C=O) groups excluding carboxylic acids is 2. The van der Waals surface area contributed by atoms with E-state index < -0.39 is 5.97 Å². The molecule has 2 aromatic carbocycles. The molecule has 6 nitrogen and oxygen atoms in total. The van der Waals surface area contributed by atoms with Crippen molar-refractivity contribution in [2.24, 2.45) is 0 Å². The molecule has 4 aromatic rings. The quantitative estimate of drug-likeness (QED) is 0.379. The van der Waals surface area contributed by atoms with Gasteiger partial charge in [0.05, 0.1) is 11.3 Å². The smallest absolute Gasteiger partial charge is 0.338 e. The highest BCUT2D eigenvalue weighted by atomic mass is 16.5. The van der Waals surface area contributed by atoms with Gasteiger partial charge in [0.2, 0.25) is 0 Å². The van der Waals surface area contributed by atoms with E-state index in [9.17, 15) is 14.4 Å². The molecule has 0 amide bonds. The zero-order valence-corrected chi connectivity index (χ0v) is 16.2. The maximum atomic E-state index is 12.4. The van der Waals surface area contributed by atoms with Crippen LogP contribution in [0.25, 0.3) is 5.65 Å². The zero-order valence-electron chi connectivity index (χ0n) is 16.2. The van der Waals surface area contributed by atoms with Gasteiger partial charge in [0, 0.05) is 23.4 Å². The van der Waals surface area contributed by atoms with Crippen LogP contribution in [-0.2, 0) is 11.3 Å². The Morgan fingerprint density at radius 2 is 1.57 bits per heavy atom. The minimum atomic E-state index is -0.555. The molecule has 0 spiro atoms. The van der Waals surface area contributed by atoms with Crippen LogP contribution in [0.3, 0.4) is 0 Å². The van der Waals surface area contributed by atoms with E-state index in [4.69, 9.17) is 4.74 Å². The van der Waals surface area contributed by atoms with Crippen LogP contribution < -0.4 is 5.56 Å². The van der Waals surface area contributed by atoms with E-state index in [1.165, 1.54) is 10.5 Å². The SMILES string of the molecule is Cc1cccn2c(=O)cc(COC(=O)c3ccc(C(=O)c4ccccc4)cc3)nc12. The predicted molar refractivity (Wildman–Crippen MR) is 112 cm³/mol. The topological polar surface area (TPSA) is 77.7 Å². The molecule has 0 aliphatic carbocycles. The van der Waals surface area contributed by atoms with Crippen molar-refractivity contribution >= 4 is 17.4 Å². The van der Waals surface area contributed by atoms with Gasteiger partial charge in [0.1, 0.15) is 12.3 Å². The molecule has 0 radical (unpaired) electrons. The van der Waals surface area contributed by atoms with Crippen LogP contribution in [0.1, 0.15) is 37.5 Å². The number of hydrogen-bond acceptors (Lipinski definition) is 5. The second kappa shape index (κ2) is 8.13. The van der Waals surface area contributed by atoms with E-state index >= 15 is 0 Å². The fourth-order valence-electron chi connectivity index (χ4n) is 3.12. The molecule has 0 saturated heterocycles. The summed E-state index contributed by atoms with van der Waals surface area (Å²) in [7, 11) is 0. The van der Waals surface area contributed by atoms with Crippen LogP contribution in [0.5, 0.6) is 0 Å². The summed E-state index contributed by atoms with van der Waals surface area (Å²) in [5, 5.41) is 0. The number of hydrogen-bond donors (Lipinski definition) is 0. The molecule has 4 rings (SSSR count). The van der Waals surface area contributed by atoms with Crippen LogP contribution in [0.4, 0.5) is 0 Å². The van der Waals surface area contributed by atoms with Gasteiger partial charge in [-0.25, -0.2) is 9.78 Å². The number of esters is 1. The summed E-state index contributed by atoms with van der Waals surface area (Å²) in [6, 6.07) is 20.2. The number of fused-ring (bicyclic) bond motifs is 1. The highest BCUT2D eigenvalue weighted by molar-refractivity contribution is 6.09. The normalized spacial score (nSPS) is 10.7. The first-order valence-corrected chi connectivity index (χ1v) is 9.38. The summed E-state index contributed by atoms with van der Waals surface area (Å²) in [6.07, 6.45) is 1.64. The van der Waals surface area contributed by atoms with Crippen molar-refractivity contribution in [1.82, 2.24) is 9.38 Å². The van der Waals surface area contributed by atoms with Gasteiger partial charge >= 0.3 is 5.97 Å². The number of benzene rings is 2. The molecule has 0 atom stereocenters. The second-order valence-corrected chi connectivity index (χ2v) is 6.82. The van der Waals surface area contributed by atoms with Gasteiger partial charge in [-0.05, 0) is 30.7 Å². The van der Waals surface area contributed by atoms with Gasteiger partial charge < -0.3 is 4.74 Å². The number of rotatable bonds is 5. The summed E-state index contributed by atoms with van der Waals surface area (Å²) < 4.78 is 6.76. The molecule has 0 aliphatic heterocycles. The van der Waals surface area contributed by atoms with Gasteiger partial charge in [-0.3, -0.25) is 14.0 Å². The molecule has 0 fully saturated rings. The van der Waals surface area contributed by atoms with Gasteiger partial charge in [-0.15, -0.1) is 0 Å². The number of nitrogens with zero attached hydrogens (tertiary/aromatic N) is 2. The number of ether oxygens (including phenoxy) is 1. The average Bonchev–Trinajstić information content (AvgIpc) is 2.78. The van der Waals surface area contributed by atoms with Crippen LogP contribution in [0.2, 0.25) is 0 Å². The standard InChI is InChI=1S/C24H18N2O4/c1-16-6-5-13-26-21(27)14-20(25-23(16)26)15-30-24(29)19-11-9-18(10-12-19)22(28)17-7-3-2-4-8-17/h2-14H,15H2,1H3. The minimum Gasteiger partial charge on any atom is -0.456 e. The Morgan fingerprint density at radius 1 is 0.900 bits per heavy atom. The van der Waals surface area contributed by atoms with E-state index in [1.54, 1.807) is 60.8 Å². The lowest BCUT2D eigenvalue weighted by molar-refractivity contribution is 0.0467. The first-order chi connectivity index (χ1) is 14.5. The van der Waals surface area contributed by atoms with Crippen molar-refractivity contribution in [1.29, 1.82) is 0 Å². The summed E-state index contributed by atoms with van der Waals surface area (Å²) >= 11 is 0. The molecule has 0 aliphatic rings. The average molecular weight is 398 g/mol. The molecule has 30 heavy (non-hydrogen) atoms. The minimum absolute atomic E-state index is 0.119. The summed E-state index contributed by atoms with van der Waals surface area (Å²) in [5.41, 5.74) is 2.89. The van der Waals surface area contributed by atoms with E-state index in [0.717, 1.165) is 5.56 Å². The van der Waals surface area contributed by atoms with Gasteiger partial charge in [-0.2, -0.15) is 0 Å². The van der Waals surface area contributed by atoms with Crippen LogP contribution in [0.15, 0.2) is 83.8 Å². The van der Waals surface area contributed by atoms with Gasteiger partial charge in [0.15, 0.2) is 5.78 Å². The Bertz CT molecular complexity index is 1290. The van der Waals surface area contributed by atoms with Crippen molar-refractivity contribution in [3.8, 4) is 0 Å². The largest absolute Gasteiger partial charge is 0.456 e. The van der Waals surface area contributed by atoms with Gasteiger partial charge in [0.25, 0.3) is 5.56 Å². The predicted octanol–water partition coefficient (Wildman–Crippen LogP) is 3.59. The van der Waals surface area contributed by atoms with Crippen molar-refractivity contribution in [3.63, 3.8) is 0 Å². The van der Waals surface area contributed by atoms with Crippen LogP contribution >= 0.6 is 0 Å². The molecule has 6 heteroatoms. The van der Waals surface area contributed by atoms with E-state index in [2.05, 4.69) is 4.98 Å². The Hall–Kier alpha value is -4.06. The number of aromatic nitrogens is 2. The number of ketones is 1. The molecular formula is C24H18N2O4. The lowest BCUT2D eigenvalue weighted by atomic mass is 10.0. The molecule has 0 N–H and O–H groups in total. The molecule has 2 aromatic heterocycles. The van der Waals surface area contributed by atoms with Crippen molar-refractivity contribution in [3.05, 3.63) is 117 Å². The van der Waals surface area contributed by atoms with E-state index in [-0.39, 0.29) is 17.9 Å². The number of carbonyl (C=O) groups is 2. The monoisotopic (exact) mass is 398 g/mol. The summed E-state index contributed by atoms with van der Waals surface area (Å²) in [4.78, 5) is 41.5. The Balaban J connectivity index is 1.47. The maximum Gasteiger partial charge on any atom is 0.338 e. The van der Waals surface area contributed by atoms with Gasteiger partial charge in [-0.1, -0.05) is 48.5 Å². The first kappa shape index (κ1) is 19.3. The molecule has 148 valence electrons. The third-order valence-corrected chi connectivity index (χ3v) is 4.71. The highest BCUT2D eigenvalue weighted by Crippen LogP contribution is 2.13. The fourth-order valence-corrected chi connectivity index (χ4v) is 3.12. The summed E-state index contributed by atoms with van der Waals surface area (Å²) in [6.45, 7) is 1.74. The van der Waals surface area contributed by atoms with Crippen LogP contribution in [0, 0.1) is 6.92 Å².